The van der Waals surface area contributed by atoms with Gasteiger partial charge in [0, 0.05) is 12.6 Å². The Balaban J connectivity index is 2.18. The van der Waals surface area contributed by atoms with Gasteiger partial charge in [-0.15, -0.1) is 0 Å². The molecule has 0 heterocycles. The van der Waals surface area contributed by atoms with E-state index >= 15 is 0 Å². The summed E-state index contributed by atoms with van der Waals surface area (Å²) in [5, 5.41) is 30.3. The van der Waals surface area contributed by atoms with Crippen LogP contribution in [0.1, 0.15) is 25.7 Å². The Labute approximate surface area is 78.6 Å². The molecule has 0 spiro atoms. The molecule has 4 heteroatoms. The molecule has 0 aromatic carbocycles. The van der Waals surface area contributed by atoms with E-state index in [1.165, 1.54) is 0 Å². The van der Waals surface area contributed by atoms with Gasteiger partial charge in [-0.3, -0.25) is 0 Å². The van der Waals surface area contributed by atoms with Crippen LogP contribution in [0.25, 0.3) is 0 Å². The first-order chi connectivity index (χ1) is 6.24. The first-order valence-electron chi connectivity index (χ1n) is 4.94. The standard InChI is InChI=1S/C9H19NO3/c11-6-7(12)5-10-8-3-1-2-4-9(8)13/h7-13H,1-6H2/t7-,8?,9?/m0/s1. The van der Waals surface area contributed by atoms with Crippen LogP contribution in [0, 0.1) is 0 Å². The lowest BCUT2D eigenvalue weighted by molar-refractivity contribution is 0.0626. The minimum Gasteiger partial charge on any atom is -0.394 e. The van der Waals surface area contributed by atoms with E-state index in [9.17, 15) is 5.11 Å². The molecule has 3 atom stereocenters. The second-order valence-corrected chi connectivity index (χ2v) is 3.70. The zero-order valence-corrected chi connectivity index (χ0v) is 7.82. The van der Waals surface area contributed by atoms with Crippen LogP contribution in [0.2, 0.25) is 0 Å². The van der Waals surface area contributed by atoms with Crippen molar-refractivity contribution in [3.8, 4) is 0 Å². The number of rotatable bonds is 4. The minimum absolute atomic E-state index is 0.0925. The van der Waals surface area contributed by atoms with Gasteiger partial charge in [-0.05, 0) is 12.8 Å². The Bertz CT molecular complexity index is 143. The van der Waals surface area contributed by atoms with Gasteiger partial charge in [0.15, 0.2) is 0 Å². The molecule has 0 aliphatic heterocycles. The van der Waals surface area contributed by atoms with Crippen molar-refractivity contribution in [2.75, 3.05) is 13.2 Å². The van der Waals surface area contributed by atoms with E-state index in [-0.39, 0.29) is 18.8 Å². The normalized spacial score (nSPS) is 31.6. The van der Waals surface area contributed by atoms with Gasteiger partial charge < -0.3 is 20.6 Å². The van der Waals surface area contributed by atoms with Crippen molar-refractivity contribution < 1.29 is 15.3 Å². The van der Waals surface area contributed by atoms with Crippen LogP contribution in [0.15, 0.2) is 0 Å². The molecule has 1 saturated carbocycles. The van der Waals surface area contributed by atoms with Crippen molar-refractivity contribution in [1.82, 2.24) is 5.32 Å². The van der Waals surface area contributed by atoms with E-state index in [0.29, 0.717) is 6.54 Å². The summed E-state index contributed by atoms with van der Waals surface area (Å²) in [7, 11) is 0. The summed E-state index contributed by atoms with van der Waals surface area (Å²) >= 11 is 0. The van der Waals surface area contributed by atoms with Gasteiger partial charge in [-0.1, -0.05) is 12.8 Å². The zero-order valence-electron chi connectivity index (χ0n) is 7.82. The molecule has 1 aliphatic carbocycles. The maximum Gasteiger partial charge on any atom is 0.0895 e. The summed E-state index contributed by atoms with van der Waals surface area (Å²) < 4.78 is 0. The predicted molar refractivity (Wildman–Crippen MR) is 49.4 cm³/mol. The van der Waals surface area contributed by atoms with Crippen molar-refractivity contribution >= 4 is 0 Å². The highest BCUT2D eigenvalue weighted by atomic mass is 16.3. The van der Waals surface area contributed by atoms with Gasteiger partial charge in [0.25, 0.3) is 0 Å². The fourth-order valence-corrected chi connectivity index (χ4v) is 1.70. The fraction of sp³-hybridized carbons (Fsp3) is 1.00. The highest BCUT2D eigenvalue weighted by Gasteiger charge is 2.22. The second kappa shape index (κ2) is 5.54. The summed E-state index contributed by atoms with van der Waals surface area (Å²) in [6.07, 6.45) is 3.01. The molecule has 0 aromatic heterocycles. The fourth-order valence-electron chi connectivity index (χ4n) is 1.70. The molecule has 0 radical (unpaired) electrons. The summed E-state index contributed by atoms with van der Waals surface area (Å²) in [6.45, 7) is 0.133. The quantitative estimate of drug-likeness (QED) is 0.469. The molecule has 0 amide bonds. The Kier molecular flexibility index (Phi) is 4.66. The van der Waals surface area contributed by atoms with Crippen LogP contribution < -0.4 is 5.32 Å². The van der Waals surface area contributed by atoms with Crippen LogP contribution in [-0.2, 0) is 0 Å². The lowest BCUT2D eigenvalue weighted by Gasteiger charge is -2.29. The molecule has 1 fully saturated rings. The third-order valence-corrected chi connectivity index (χ3v) is 2.56. The molecule has 4 nitrogen and oxygen atoms in total. The maximum atomic E-state index is 9.55. The minimum atomic E-state index is -0.714. The molecular formula is C9H19NO3. The van der Waals surface area contributed by atoms with E-state index < -0.39 is 6.10 Å². The molecule has 4 N–H and O–H groups in total. The third kappa shape index (κ3) is 3.60. The number of aliphatic hydroxyl groups is 3. The number of hydrogen-bond acceptors (Lipinski definition) is 4. The van der Waals surface area contributed by atoms with Gasteiger partial charge in [0.1, 0.15) is 0 Å². The molecule has 0 aromatic rings. The van der Waals surface area contributed by atoms with E-state index in [4.69, 9.17) is 10.2 Å². The van der Waals surface area contributed by atoms with Crippen LogP contribution in [0.4, 0.5) is 0 Å². The van der Waals surface area contributed by atoms with Crippen molar-refractivity contribution in [2.45, 2.75) is 43.9 Å². The number of nitrogens with one attached hydrogen (secondary N) is 1. The number of hydrogen-bond donors (Lipinski definition) is 4. The Morgan fingerprint density at radius 1 is 1.31 bits per heavy atom. The molecule has 78 valence electrons. The van der Waals surface area contributed by atoms with Gasteiger partial charge in [-0.2, -0.15) is 0 Å². The molecule has 1 aliphatic rings. The van der Waals surface area contributed by atoms with E-state index in [2.05, 4.69) is 5.32 Å². The smallest absolute Gasteiger partial charge is 0.0895 e. The predicted octanol–water partition coefficient (Wildman–Crippen LogP) is -0.767. The maximum absolute atomic E-state index is 9.55. The SMILES string of the molecule is OC[C@@H](O)CNC1CCCCC1O. The first kappa shape index (κ1) is 10.9. The summed E-state index contributed by atoms with van der Waals surface area (Å²) in [4.78, 5) is 0. The molecule has 1 rings (SSSR count). The Morgan fingerprint density at radius 3 is 2.62 bits per heavy atom. The zero-order chi connectivity index (χ0) is 9.68. The summed E-state index contributed by atoms with van der Waals surface area (Å²) in [6, 6.07) is 0.0925. The average molecular weight is 189 g/mol. The summed E-state index contributed by atoms with van der Waals surface area (Å²) in [5.41, 5.74) is 0. The molecular weight excluding hydrogens is 170 g/mol. The third-order valence-electron chi connectivity index (χ3n) is 2.56. The first-order valence-corrected chi connectivity index (χ1v) is 4.94. The van der Waals surface area contributed by atoms with Crippen LogP contribution >= 0.6 is 0 Å². The highest BCUT2D eigenvalue weighted by Crippen LogP contribution is 2.18. The van der Waals surface area contributed by atoms with Crippen molar-refractivity contribution in [1.29, 1.82) is 0 Å². The molecule has 2 unspecified atom stereocenters. The molecule has 13 heavy (non-hydrogen) atoms. The lowest BCUT2D eigenvalue weighted by Crippen LogP contribution is -2.45. The van der Waals surface area contributed by atoms with Crippen LogP contribution in [0.3, 0.4) is 0 Å². The molecule has 0 saturated heterocycles. The van der Waals surface area contributed by atoms with E-state index in [1.54, 1.807) is 0 Å². The molecule has 0 bridgehead atoms. The van der Waals surface area contributed by atoms with Crippen molar-refractivity contribution in [3.05, 3.63) is 0 Å². The van der Waals surface area contributed by atoms with Crippen molar-refractivity contribution in [2.24, 2.45) is 0 Å². The summed E-state index contributed by atoms with van der Waals surface area (Å²) in [5.74, 6) is 0. The van der Waals surface area contributed by atoms with E-state index in [0.717, 1.165) is 25.7 Å². The van der Waals surface area contributed by atoms with Gasteiger partial charge in [0.2, 0.25) is 0 Å². The van der Waals surface area contributed by atoms with Crippen LogP contribution in [-0.4, -0.2) is 46.7 Å². The second-order valence-electron chi connectivity index (χ2n) is 3.70. The Hall–Kier alpha value is -0.160. The monoisotopic (exact) mass is 189 g/mol. The van der Waals surface area contributed by atoms with Crippen LogP contribution in [0.5, 0.6) is 0 Å². The number of aliphatic hydroxyl groups excluding tert-OH is 3. The van der Waals surface area contributed by atoms with Gasteiger partial charge >= 0.3 is 0 Å². The largest absolute Gasteiger partial charge is 0.394 e. The Morgan fingerprint density at radius 2 is 2.00 bits per heavy atom. The average Bonchev–Trinajstić information content (AvgIpc) is 2.16. The van der Waals surface area contributed by atoms with Gasteiger partial charge in [-0.25, -0.2) is 0 Å². The van der Waals surface area contributed by atoms with E-state index in [1.807, 2.05) is 0 Å². The highest BCUT2D eigenvalue weighted by molar-refractivity contribution is 4.80. The lowest BCUT2D eigenvalue weighted by atomic mass is 9.92. The van der Waals surface area contributed by atoms with Gasteiger partial charge in [0.05, 0.1) is 18.8 Å². The van der Waals surface area contributed by atoms with Crippen molar-refractivity contribution in [3.63, 3.8) is 0 Å². The topological polar surface area (TPSA) is 72.7 Å².